The molecule has 1 aromatic rings. The van der Waals surface area contributed by atoms with Crippen molar-refractivity contribution in [1.29, 1.82) is 0 Å². The van der Waals surface area contributed by atoms with Gasteiger partial charge in [0.15, 0.2) is 11.2 Å². The number of ketones is 1. The summed E-state index contributed by atoms with van der Waals surface area (Å²) in [6, 6.07) is 7.63. The molecular formula is C14H10O. The number of carbonyl (C=O) groups excluding carboxylic acids is 1. The molecule has 1 aromatic carbocycles. The molecule has 0 fully saturated rings. The molecule has 0 spiro atoms. The van der Waals surface area contributed by atoms with E-state index in [4.69, 9.17) is 12.8 Å². The molecule has 0 aliphatic heterocycles. The zero-order valence-corrected chi connectivity index (χ0v) is 8.29. The van der Waals surface area contributed by atoms with Gasteiger partial charge in [-0.05, 0) is 17.5 Å². The van der Waals surface area contributed by atoms with Gasteiger partial charge in [0.1, 0.15) is 0 Å². The van der Waals surface area contributed by atoms with Gasteiger partial charge in [-0.25, -0.2) is 0 Å². The molecule has 0 bridgehead atoms. The molecule has 1 aliphatic carbocycles. The first-order valence-electron chi connectivity index (χ1n) is 4.82. The highest BCUT2D eigenvalue weighted by Gasteiger charge is 2.40. The Morgan fingerprint density at radius 3 is 2.47 bits per heavy atom. The van der Waals surface area contributed by atoms with Crippen LogP contribution in [0.1, 0.15) is 17.5 Å². The standard InChI is InChI=1S/C14H10O/c1-3-14(4-2)12-8-6-5-7-11(12)9-10-13(14)15/h1-2,5-8H,9-10H2. The lowest BCUT2D eigenvalue weighted by Crippen LogP contribution is -2.37. The monoisotopic (exact) mass is 194 g/mol. The largest absolute Gasteiger partial charge is 0.296 e. The Hall–Kier alpha value is -1.99. The zero-order chi connectivity index (χ0) is 10.9. The Kier molecular flexibility index (Phi) is 2.10. The van der Waals surface area contributed by atoms with Crippen LogP contribution >= 0.6 is 0 Å². The minimum Gasteiger partial charge on any atom is -0.296 e. The first-order chi connectivity index (χ1) is 7.24. The van der Waals surface area contributed by atoms with Gasteiger partial charge in [-0.15, -0.1) is 12.8 Å². The van der Waals surface area contributed by atoms with Crippen molar-refractivity contribution in [1.82, 2.24) is 0 Å². The fourth-order valence-electron chi connectivity index (χ4n) is 2.05. The number of carbonyl (C=O) groups is 1. The molecule has 0 heterocycles. The lowest BCUT2D eigenvalue weighted by Gasteiger charge is -2.28. The van der Waals surface area contributed by atoms with Crippen LogP contribution in [0.25, 0.3) is 0 Å². The van der Waals surface area contributed by atoms with Gasteiger partial charge in [-0.2, -0.15) is 0 Å². The Morgan fingerprint density at radius 1 is 1.13 bits per heavy atom. The van der Waals surface area contributed by atoms with Crippen molar-refractivity contribution < 1.29 is 4.79 Å². The molecule has 0 saturated carbocycles. The highest BCUT2D eigenvalue weighted by Crippen LogP contribution is 2.33. The number of aryl methyl sites for hydroxylation is 1. The molecule has 1 aliphatic rings. The van der Waals surface area contributed by atoms with Crippen molar-refractivity contribution in [2.75, 3.05) is 0 Å². The predicted octanol–water partition coefficient (Wildman–Crippen LogP) is 1.71. The lowest BCUT2D eigenvalue weighted by atomic mass is 9.70. The number of rotatable bonds is 0. The second kappa shape index (κ2) is 3.30. The minimum atomic E-state index is -1.13. The molecule has 72 valence electrons. The molecule has 0 radical (unpaired) electrons. The maximum atomic E-state index is 11.9. The quantitative estimate of drug-likeness (QED) is 0.574. The fraction of sp³-hybridized carbons (Fsp3) is 0.214. The Morgan fingerprint density at radius 2 is 1.80 bits per heavy atom. The van der Waals surface area contributed by atoms with Crippen LogP contribution in [0, 0.1) is 24.7 Å². The van der Waals surface area contributed by atoms with Gasteiger partial charge in [0.2, 0.25) is 0 Å². The molecule has 0 saturated heterocycles. The van der Waals surface area contributed by atoms with Crippen LogP contribution in [0.3, 0.4) is 0 Å². The van der Waals surface area contributed by atoms with E-state index in [0.717, 1.165) is 17.5 Å². The Bertz CT molecular complexity index is 483. The smallest absolute Gasteiger partial charge is 0.174 e. The highest BCUT2D eigenvalue weighted by atomic mass is 16.1. The summed E-state index contributed by atoms with van der Waals surface area (Å²) in [6.45, 7) is 0. The second-order valence-corrected chi connectivity index (χ2v) is 3.62. The third kappa shape index (κ3) is 1.17. The minimum absolute atomic E-state index is 0.0359. The maximum absolute atomic E-state index is 11.9. The van der Waals surface area contributed by atoms with Crippen molar-refractivity contribution in [3.05, 3.63) is 35.4 Å². The molecule has 1 nitrogen and oxygen atoms in total. The van der Waals surface area contributed by atoms with E-state index in [1.165, 1.54) is 0 Å². The average Bonchev–Trinajstić information content (AvgIpc) is 2.30. The van der Waals surface area contributed by atoms with Crippen molar-refractivity contribution in [2.24, 2.45) is 0 Å². The van der Waals surface area contributed by atoms with Crippen molar-refractivity contribution in [3.63, 3.8) is 0 Å². The SMILES string of the molecule is C#CC1(C#C)C(=O)CCc2ccccc21. The normalized spacial score (nSPS) is 17.3. The predicted molar refractivity (Wildman–Crippen MR) is 59.1 cm³/mol. The molecule has 1 heteroatoms. The van der Waals surface area contributed by atoms with E-state index in [1.54, 1.807) is 0 Å². The van der Waals surface area contributed by atoms with Crippen LogP contribution in [-0.4, -0.2) is 5.78 Å². The number of hydrogen-bond donors (Lipinski definition) is 0. The average molecular weight is 194 g/mol. The number of terminal acetylenes is 2. The summed E-state index contributed by atoms with van der Waals surface area (Å²) in [5.74, 6) is 4.94. The van der Waals surface area contributed by atoms with Crippen LogP contribution in [0.5, 0.6) is 0 Å². The molecule has 2 rings (SSSR count). The van der Waals surface area contributed by atoms with E-state index < -0.39 is 5.41 Å². The van der Waals surface area contributed by atoms with Crippen molar-refractivity contribution >= 4 is 5.78 Å². The summed E-state index contributed by atoms with van der Waals surface area (Å²) in [5, 5.41) is 0. The van der Waals surface area contributed by atoms with Gasteiger partial charge in [-0.1, -0.05) is 36.1 Å². The number of benzene rings is 1. The van der Waals surface area contributed by atoms with Crippen LogP contribution < -0.4 is 0 Å². The maximum Gasteiger partial charge on any atom is 0.174 e. The highest BCUT2D eigenvalue weighted by molar-refractivity contribution is 5.99. The third-order valence-electron chi connectivity index (χ3n) is 2.89. The third-order valence-corrected chi connectivity index (χ3v) is 2.89. The lowest BCUT2D eigenvalue weighted by molar-refractivity contribution is -0.121. The van der Waals surface area contributed by atoms with E-state index in [1.807, 2.05) is 24.3 Å². The van der Waals surface area contributed by atoms with Gasteiger partial charge in [-0.3, -0.25) is 4.79 Å². The van der Waals surface area contributed by atoms with E-state index in [-0.39, 0.29) is 5.78 Å². The zero-order valence-electron chi connectivity index (χ0n) is 8.29. The first-order valence-corrected chi connectivity index (χ1v) is 4.82. The van der Waals surface area contributed by atoms with E-state index in [9.17, 15) is 4.79 Å². The van der Waals surface area contributed by atoms with Crippen LogP contribution in [0.2, 0.25) is 0 Å². The molecule has 0 aromatic heterocycles. The van der Waals surface area contributed by atoms with Gasteiger partial charge >= 0.3 is 0 Å². The summed E-state index contributed by atoms with van der Waals surface area (Å²) in [6.07, 6.45) is 12.1. The van der Waals surface area contributed by atoms with Gasteiger partial charge in [0, 0.05) is 6.42 Å². The Balaban J connectivity index is 2.73. The van der Waals surface area contributed by atoms with Gasteiger partial charge in [0.05, 0.1) is 0 Å². The second-order valence-electron chi connectivity index (χ2n) is 3.62. The van der Waals surface area contributed by atoms with Crippen LogP contribution in [0.4, 0.5) is 0 Å². The topological polar surface area (TPSA) is 17.1 Å². The fourth-order valence-corrected chi connectivity index (χ4v) is 2.05. The molecular weight excluding hydrogens is 184 g/mol. The van der Waals surface area contributed by atoms with Crippen molar-refractivity contribution in [3.8, 4) is 24.7 Å². The Labute approximate surface area is 89.5 Å². The van der Waals surface area contributed by atoms with Crippen molar-refractivity contribution in [2.45, 2.75) is 18.3 Å². The number of Topliss-reactive ketones (excluding diaryl/α,β-unsaturated/α-hetero) is 1. The van der Waals surface area contributed by atoms with E-state index in [0.29, 0.717) is 6.42 Å². The summed E-state index contributed by atoms with van der Waals surface area (Å²) in [5.41, 5.74) is 0.772. The van der Waals surface area contributed by atoms with Gasteiger partial charge < -0.3 is 0 Å². The molecule has 0 amide bonds. The summed E-state index contributed by atoms with van der Waals surface area (Å²) in [4.78, 5) is 11.9. The number of fused-ring (bicyclic) bond motifs is 1. The summed E-state index contributed by atoms with van der Waals surface area (Å²) >= 11 is 0. The molecule has 15 heavy (non-hydrogen) atoms. The summed E-state index contributed by atoms with van der Waals surface area (Å²) < 4.78 is 0. The summed E-state index contributed by atoms with van der Waals surface area (Å²) in [7, 11) is 0. The van der Waals surface area contributed by atoms with Crippen LogP contribution in [-0.2, 0) is 16.6 Å². The van der Waals surface area contributed by atoms with Gasteiger partial charge in [0.25, 0.3) is 0 Å². The van der Waals surface area contributed by atoms with E-state index in [2.05, 4.69) is 11.8 Å². The molecule has 0 N–H and O–H groups in total. The molecule has 0 unspecified atom stereocenters. The first kappa shape index (κ1) is 9.56. The number of hydrogen-bond acceptors (Lipinski definition) is 1. The molecule has 0 atom stereocenters. The van der Waals surface area contributed by atoms with Crippen LogP contribution in [0.15, 0.2) is 24.3 Å². The van der Waals surface area contributed by atoms with E-state index >= 15 is 0 Å².